The van der Waals surface area contributed by atoms with Crippen LogP contribution in [0.5, 0.6) is 5.75 Å². The summed E-state index contributed by atoms with van der Waals surface area (Å²) in [5.41, 5.74) is 5.48. The standard InChI is InChI=1S/C29H37NO3/c1-3-32-28-11-7-10-26(19(28)2)27-13-12-24(30-29(31)20-8-5-4-6-9-20)15-23(27)18-33-25-16-21-14-22(21)17-25/h7,10-13,15,20-22,25H,3-6,8-9,14,16-18H2,1-2H3,(H,30,31). The van der Waals surface area contributed by atoms with E-state index < -0.39 is 0 Å². The number of hydrogen-bond donors (Lipinski definition) is 1. The van der Waals surface area contributed by atoms with Crippen molar-refractivity contribution in [2.75, 3.05) is 11.9 Å². The van der Waals surface area contributed by atoms with Crippen molar-refractivity contribution in [2.45, 2.75) is 77.9 Å². The number of carbonyl (C=O) groups is 1. The minimum atomic E-state index is 0.147. The van der Waals surface area contributed by atoms with Crippen molar-refractivity contribution in [3.63, 3.8) is 0 Å². The van der Waals surface area contributed by atoms with Crippen molar-refractivity contribution in [3.05, 3.63) is 47.5 Å². The summed E-state index contributed by atoms with van der Waals surface area (Å²) in [6.45, 7) is 5.36. The fraction of sp³-hybridized carbons (Fsp3) is 0.552. The molecule has 1 amide bonds. The van der Waals surface area contributed by atoms with Gasteiger partial charge >= 0.3 is 0 Å². The number of benzene rings is 2. The van der Waals surface area contributed by atoms with E-state index in [1.165, 1.54) is 31.2 Å². The molecule has 176 valence electrons. The maximum Gasteiger partial charge on any atom is 0.227 e. The van der Waals surface area contributed by atoms with Crippen molar-refractivity contribution >= 4 is 11.6 Å². The molecule has 0 radical (unpaired) electrons. The SMILES string of the molecule is CCOc1cccc(-c2ccc(NC(=O)C3CCCCC3)cc2COC2CC3CC3C2)c1C. The van der Waals surface area contributed by atoms with Crippen LogP contribution in [0.3, 0.4) is 0 Å². The molecule has 0 heterocycles. The van der Waals surface area contributed by atoms with Crippen LogP contribution in [0.15, 0.2) is 36.4 Å². The molecule has 5 rings (SSSR count). The third-order valence-corrected chi connectivity index (χ3v) is 7.90. The Bertz CT molecular complexity index is 984. The van der Waals surface area contributed by atoms with Crippen molar-refractivity contribution in [1.29, 1.82) is 0 Å². The molecule has 0 saturated heterocycles. The minimum Gasteiger partial charge on any atom is -0.494 e. The Morgan fingerprint density at radius 2 is 1.79 bits per heavy atom. The van der Waals surface area contributed by atoms with E-state index in [0.717, 1.165) is 65.6 Å². The van der Waals surface area contributed by atoms with Crippen LogP contribution >= 0.6 is 0 Å². The summed E-state index contributed by atoms with van der Waals surface area (Å²) in [5.74, 6) is 3.04. The van der Waals surface area contributed by atoms with Gasteiger partial charge in [0.05, 0.1) is 19.3 Å². The Labute approximate surface area is 198 Å². The van der Waals surface area contributed by atoms with Crippen LogP contribution in [0.25, 0.3) is 11.1 Å². The predicted octanol–water partition coefficient (Wildman–Crippen LogP) is 6.89. The highest BCUT2D eigenvalue weighted by molar-refractivity contribution is 5.93. The Balaban J connectivity index is 1.39. The molecule has 1 N–H and O–H groups in total. The second-order valence-corrected chi connectivity index (χ2v) is 10.2. The largest absolute Gasteiger partial charge is 0.494 e. The zero-order valence-corrected chi connectivity index (χ0v) is 20.1. The first-order chi connectivity index (χ1) is 16.1. The summed E-state index contributed by atoms with van der Waals surface area (Å²) in [7, 11) is 0. The smallest absolute Gasteiger partial charge is 0.227 e. The van der Waals surface area contributed by atoms with Crippen LogP contribution in [0.2, 0.25) is 0 Å². The number of anilines is 1. The first-order valence-electron chi connectivity index (χ1n) is 12.9. The molecule has 0 spiro atoms. The molecular formula is C29H37NO3. The summed E-state index contributed by atoms with van der Waals surface area (Å²) >= 11 is 0. The molecule has 0 aromatic heterocycles. The molecule has 0 aliphatic heterocycles. The number of carbonyl (C=O) groups excluding carboxylic acids is 1. The van der Waals surface area contributed by atoms with E-state index in [4.69, 9.17) is 9.47 Å². The zero-order valence-electron chi connectivity index (χ0n) is 20.1. The molecule has 2 aromatic rings. The lowest BCUT2D eigenvalue weighted by Crippen LogP contribution is -2.24. The molecule has 4 nitrogen and oxygen atoms in total. The Morgan fingerprint density at radius 1 is 1.00 bits per heavy atom. The molecule has 4 heteroatoms. The van der Waals surface area contributed by atoms with Crippen LogP contribution < -0.4 is 10.1 Å². The quantitative estimate of drug-likeness (QED) is 0.479. The maximum absolute atomic E-state index is 12.9. The molecule has 3 aliphatic rings. The van der Waals surface area contributed by atoms with Crippen LogP contribution in [0.1, 0.15) is 69.4 Å². The summed E-state index contributed by atoms with van der Waals surface area (Å²) in [5, 5.41) is 3.20. The van der Waals surface area contributed by atoms with Gasteiger partial charge in [0, 0.05) is 11.6 Å². The van der Waals surface area contributed by atoms with Crippen LogP contribution in [0, 0.1) is 24.7 Å². The Hall–Kier alpha value is -2.33. The van der Waals surface area contributed by atoms with Crippen molar-refractivity contribution in [1.82, 2.24) is 0 Å². The van der Waals surface area contributed by atoms with E-state index >= 15 is 0 Å². The molecule has 33 heavy (non-hydrogen) atoms. The Morgan fingerprint density at radius 3 is 2.55 bits per heavy atom. The summed E-state index contributed by atoms with van der Waals surface area (Å²) in [6, 6.07) is 12.5. The van der Waals surface area contributed by atoms with Gasteiger partial charge in [-0.25, -0.2) is 0 Å². The van der Waals surface area contributed by atoms with E-state index in [1.54, 1.807) is 0 Å². The highest BCUT2D eigenvalue weighted by atomic mass is 16.5. The van der Waals surface area contributed by atoms with Gasteiger partial charge in [-0.2, -0.15) is 0 Å². The molecule has 2 unspecified atom stereocenters. The second-order valence-electron chi connectivity index (χ2n) is 10.2. The highest BCUT2D eigenvalue weighted by Gasteiger charge is 2.46. The molecule has 0 bridgehead atoms. The number of ether oxygens (including phenoxy) is 2. The van der Waals surface area contributed by atoms with Gasteiger partial charge in [0.25, 0.3) is 0 Å². The van der Waals surface area contributed by atoms with E-state index in [2.05, 4.69) is 36.5 Å². The number of rotatable bonds is 8. The summed E-state index contributed by atoms with van der Waals surface area (Å²) in [4.78, 5) is 12.9. The van der Waals surface area contributed by atoms with E-state index in [0.29, 0.717) is 19.3 Å². The molecular weight excluding hydrogens is 410 g/mol. The van der Waals surface area contributed by atoms with Crippen molar-refractivity contribution in [3.8, 4) is 16.9 Å². The number of amides is 1. The molecule has 3 saturated carbocycles. The first-order valence-corrected chi connectivity index (χ1v) is 12.9. The van der Waals surface area contributed by atoms with Gasteiger partial charge in [-0.1, -0.05) is 37.5 Å². The number of nitrogens with one attached hydrogen (secondary N) is 1. The average Bonchev–Trinajstić information content (AvgIpc) is 3.45. The van der Waals surface area contributed by atoms with Gasteiger partial charge in [-0.3, -0.25) is 4.79 Å². The van der Waals surface area contributed by atoms with Gasteiger partial charge < -0.3 is 14.8 Å². The first kappa shape index (κ1) is 22.5. The fourth-order valence-corrected chi connectivity index (χ4v) is 5.88. The topological polar surface area (TPSA) is 47.6 Å². The van der Waals surface area contributed by atoms with Gasteiger partial charge in [0.15, 0.2) is 0 Å². The monoisotopic (exact) mass is 447 g/mol. The third-order valence-electron chi connectivity index (χ3n) is 7.90. The highest BCUT2D eigenvalue weighted by Crippen LogP contribution is 2.52. The fourth-order valence-electron chi connectivity index (χ4n) is 5.88. The van der Waals surface area contributed by atoms with Gasteiger partial charge in [0.2, 0.25) is 5.91 Å². The number of hydrogen-bond acceptors (Lipinski definition) is 3. The average molecular weight is 448 g/mol. The normalized spacial score (nSPS) is 24.4. The summed E-state index contributed by atoms with van der Waals surface area (Å²) in [6.07, 6.45) is 9.77. The van der Waals surface area contributed by atoms with Crippen LogP contribution in [0.4, 0.5) is 5.69 Å². The van der Waals surface area contributed by atoms with E-state index in [-0.39, 0.29) is 11.8 Å². The minimum absolute atomic E-state index is 0.147. The summed E-state index contributed by atoms with van der Waals surface area (Å²) < 4.78 is 12.3. The third kappa shape index (κ3) is 5.11. The predicted molar refractivity (Wildman–Crippen MR) is 132 cm³/mol. The molecule has 2 aromatic carbocycles. The maximum atomic E-state index is 12.9. The molecule has 2 atom stereocenters. The number of fused-ring (bicyclic) bond motifs is 1. The second kappa shape index (κ2) is 9.89. The van der Waals surface area contributed by atoms with Gasteiger partial charge in [-0.15, -0.1) is 0 Å². The van der Waals surface area contributed by atoms with Crippen molar-refractivity contribution < 1.29 is 14.3 Å². The Kier molecular flexibility index (Phi) is 6.73. The molecule has 3 fully saturated rings. The van der Waals surface area contributed by atoms with Gasteiger partial charge in [0.1, 0.15) is 5.75 Å². The van der Waals surface area contributed by atoms with Crippen molar-refractivity contribution in [2.24, 2.45) is 17.8 Å². The van der Waals surface area contributed by atoms with E-state index in [1.807, 2.05) is 19.1 Å². The zero-order chi connectivity index (χ0) is 22.8. The van der Waals surface area contributed by atoms with Gasteiger partial charge in [-0.05, 0) is 98.2 Å². The lowest BCUT2D eigenvalue weighted by atomic mass is 9.88. The van der Waals surface area contributed by atoms with Crippen LogP contribution in [-0.2, 0) is 16.1 Å². The van der Waals surface area contributed by atoms with E-state index in [9.17, 15) is 4.79 Å². The lowest BCUT2D eigenvalue weighted by molar-refractivity contribution is -0.120. The van der Waals surface area contributed by atoms with Crippen LogP contribution in [-0.4, -0.2) is 18.6 Å². The molecule has 3 aliphatic carbocycles. The lowest BCUT2D eigenvalue weighted by Gasteiger charge is -2.22.